The van der Waals surface area contributed by atoms with Gasteiger partial charge in [0, 0.05) is 0 Å². The van der Waals surface area contributed by atoms with Crippen LogP contribution in [0.3, 0.4) is 0 Å². The maximum Gasteiger partial charge on any atom is 0.488 e. The van der Waals surface area contributed by atoms with Crippen molar-refractivity contribution in [3.05, 3.63) is 125 Å². The van der Waals surface area contributed by atoms with Crippen LogP contribution in [0.1, 0.15) is 41.4 Å². The van der Waals surface area contributed by atoms with Crippen LogP contribution >= 0.6 is 0 Å². The number of aliphatic hydroxyl groups excluding tert-OH is 1. The first-order valence-electron chi connectivity index (χ1n) is 16.7. The molecule has 2 aliphatic carbocycles. The summed E-state index contributed by atoms with van der Waals surface area (Å²) in [5.41, 5.74) is 4.85. The molecule has 6 unspecified atom stereocenters. The van der Waals surface area contributed by atoms with E-state index in [0.717, 1.165) is 21.0 Å². The summed E-state index contributed by atoms with van der Waals surface area (Å²) < 4.78 is 6.21. The van der Waals surface area contributed by atoms with Gasteiger partial charge in [-0.25, -0.2) is 0 Å². The zero-order valence-corrected chi connectivity index (χ0v) is 27.1. The van der Waals surface area contributed by atoms with Crippen molar-refractivity contribution in [3.8, 4) is 0 Å². The number of hydrogen-bond acceptors (Lipinski definition) is 9. The van der Waals surface area contributed by atoms with E-state index in [9.17, 15) is 29.5 Å². The number of hydrazine groups is 1. The molecule has 0 bridgehead atoms. The molecule has 8 rings (SSSR count). The summed E-state index contributed by atoms with van der Waals surface area (Å²) in [5, 5.41) is 30.6. The van der Waals surface area contributed by atoms with Crippen LogP contribution in [0.15, 0.2) is 107 Å². The average molecular weight is 672 g/mol. The van der Waals surface area contributed by atoms with Crippen LogP contribution in [0.5, 0.6) is 0 Å². The molecule has 12 heteroatoms. The molecule has 1 saturated carbocycles. The predicted octanol–water partition coefficient (Wildman–Crippen LogP) is 2.95. The molecule has 6 atom stereocenters. The Balaban J connectivity index is 1.29. The van der Waals surface area contributed by atoms with Gasteiger partial charge in [-0.1, -0.05) is 71.8 Å². The molecular weight excluding hydrogens is 637 g/mol. The minimum absolute atomic E-state index is 0.116. The second kappa shape index (κ2) is 11.9. The van der Waals surface area contributed by atoms with Gasteiger partial charge in [0.2, 0.25) is 11.8 Å². The number of benzene rings is 3. The summed E-state index contributed by atoms with van der Waals surface area (Å²) in [7, 11) is -1.79. The standard InChI is InChI=1S/C38H34BN3O8/c1-21-10-12-24(13-11-21)40-42-35(45)30-19-29-27(15-16-28-32(29)36(46)41(34(28)44)25-9-5-8-23(18-25)39(48)49)33(31-17-14-26(20-43)50-31)38(30,37(42)47)22-6-3-2-4-7-22/h2-15,17-18,28-30,32-33,40,43,48-49H,16,19-20H2,1H3. The van der Waals surface area contributed by atoms with Gasteiger partial charge in [-0.2, -0.15) is 5.01 Å². The number of imide groups is 2. The highest BCUT2D eigenvalue weighted by atomic mass is 16.4. The zero-order chi connectivity index (χ0) is 34.9. The number of carbonyl (C=O) groups excluding carboxylic acids is 4. The number of nitrogens with zero attached hydrogens (tertiary/aromatic N) is 2. The molecule has 1 aromatic heterocycles. The lowest BCUT2D eigenvalue weighted by atomic mass is 9.50. The quantitative estimate of drug-likeness (QED) is 0.132. The topological polar surface area (TPSA) is 161 Å². The predicted molar refractivity (Wildman–Crippen MR) is 182 cm³/mol. The highest BCUT2D eigenvalue weighted by molar-refractivity contribution is 6.58. The Morgan fingerprint density at radius 2 is 1.64 bits per heavy atom. The van der Waals surface area contributed by atoms with Crippen molar-refractivity contribution in [2.75, 3.05) is 10.3 Å². The van der Waals surface area contributed by atoms with Gasteiger partial charge in [-0.15, -0.1) is 0 Å². The van der Waals surface area contributed by atoms with Gasteiger partial charge in [0.05, 0.1) is 35.0 Å². The molecule has 252 valence electrons. The van der Waals surface area contributed by atoms with E-state index in [1.165, 1.54) is 12.1 Å². The number of hydrogen-bond donors (Lipinski definition) is 4. The number of aryl methyl sites for hydroxylation is 1. The largest absolute Gasteiger partial charge is 0.488 e. The Morgan fingerprint density at radius 1 is 0.880 bits per heavy atom. The Labute approximate surface area is 287 Å². The Bertz CT molecular complexity index is 2060. The fraction of sp³-hybridized carbons (Fsp3) is 0.263. The number of anilines is 2. The zero-order valence-electron chi connectivity index (χ0n) is 27.1. The van der Waals surface area contributed by atoms with Gasteiger partial charge >= 0.3 is 7.12 Å². The van der Waals surface area contributed by atoms with Crippen LogP contribution in [-0.2, 0) is 31.2 Å². The van der Waals surface area contributed by atoms with Crippen molar-refractivity contribution in [2.45, 2.75) is 37.7 Å². The SMILES string of the molecule is Cc1ccc(NN2C(=O)C3CC4C(=CCC5C(=O)N(c6cccc(B(O)O)c6)C(=O)C54)C(c4ccc(CO)o4)C3(c3ccccc3)C2=O)cc1. The maximum atomic E-state index is 15.1. The molecule has 4 aliphatic rings. The third-order valence-electron chi connectivity index (χ3n) is 10.9. The van der Waals surface area contributed by atoms with E-state index in [-0.39, 0.29) is 36.4 Å². The summed E-state index contributed by atoms with van der Waals surface area (Å²) in [6, 6.07) is 25.8. The number of rotatable bonds is 7. The smallest absolute Gasteiger partial charge is 0.463 e. The molecule has 4 N–H and O–H groups in total. The molecule has 2 saturated heterocycles. The second-order valence-corrected chi connectivity index (χ2v) is 13.5. The van der Waals surface area contributed by atoms with Gasteiger partial charge in [-0.3, -0.25) is 29.5 Å². The van der Waals surface area contributed by atoms with Crippen molar-refractivity contribution in [1.82, 2.24) is 5.01 Å². The minimum atomic E-state index is -1.79. The minimum Gasteiger partial charge on any atom is -0.463 e. The van der Waals surface area contributed by atoms with E-state index in [0.29, 0.717) is 17.0 Å². The van der Waals surface area contributed by atoms with Crippen LogP contribution < -0.4 is 15.8 Å². The van der Waals surface area contributed by atoms with E-state index in [1.807, 2.05) is 55.5 Å². The normalized spacial score (nSPS) is 27.2. The van der Waals surface area contributed by atoms with E-state index >= 15 is 4.79 Å². The second-order valence-electron chi connectivity index (χ2n) is 13.5. The molecule has 50 heavy (non-hydrogen) atoms. The molecule has 4 amide bonds. The van der Waals surface area contributed by atoms with Crippen molar-refractivity contribution >= 4 is 47.6 Å². The van der Waals surface area contributed by atoms with Crippen LogP contribution in [-0.4, -0.2) is 50.9 Å². The van der Waals surface area contributed by atoms with Crippen LogP contribution in [0.2, 0.25) is 0 Å². The highest BCUT2D eigenvalue weighted by Gasteiger charge is 2.71. The fourth-order valence-electron chi connectivity index (χ4n) is 8.77. The lowest BCUT2D eigenvalue weighted by Crippen LogP contribution is -2.53. The fourth-order valence-corrected chi connectivity index (χ4v) is 8.77. The number of allylic oxidation sites excluding steroid dienone is 2. The van der Waals surface area contributed by atoms with E-state index in [1.54, 1.807) is 36.4 Å². The molecule has 3 heterocycles. The van der Waals surface area contributed by atoms with Gasteiger partial charge in [0.25, 0.3) is 11.8 Å². The van der Waals surface area contributed by atoms with Crippen LogP contribution in [0.4, 0.5) is 11.4 Å². The number of carbonyl (C=O) groups is 4. The number of aliphatic hydroxyl groups is 1. The van der Waals surface area contributed by atoms with Gasteiger partial charge in [0.1, 0.15) is 23.5 Å². The maximum absolute atomic E-state index is 15.1. The van der Waals surface area contributed by atoms with Crippen molar-refractivity contribution in [2.24, 2.45) is 23.7 Å². The summed E-state index contributed by atoms with van der Waals surface area (Å²) in [6.45, 7) is 1.56. The average Bonchev–Trinajstić information content (AvgIpc) is 3.77. The Kier molecular flexibility index (Phi) is 7.63. The summed E-state index contributed by atoms with van der Waals surface area (Å²) in [5.74, 6) is -5.09. The van der Waals surface area contributed by atoms with Crippen molar-refractivity contribution in [1.29, 1.82) is 0 Å². The number of fused-ring (bicyclic) bond motifs is 4. The molecule has 0 spiro atoms. The summed E-state index contributed by atoms with van der Waals surface area (Å²) >= 11 is 0. The Hall–Kier alpha value is -5.30. The third-order valence-corrected chi connectivity index (χ3v) is 10.9. The van der Waals surface area contributed by atoms with E-state index in [4.69, 9.17) is 4.42 Å². The summed E-state index contributed by atoms with van der Waals surface area (Å²) in [6.07, 6.45) is 2.26. The van der Waals surface area contributed by atoms with E-state index in [2.05, 4.69) is 5.43 Å². The third kappa shape index (κ3) is 4.63. The van der Waals surface area contributed by atoms with Gasteiger partial charge in [-0.05, 0) is 73.1 Å². The molecule has 4 aromatic rings. The first kappa shape index (κ1) is 31.9. The first-order valence-corrected chi connectivity index (χ1v) is 16.7. The molecular formula is C38H34BN3O8. The van der Waals surface area contributed by atoms with Crippen molar-refractivity contribution < 1.29 is 38.7 Å². The number of furan rings is 1. The first-order chi connectivity index (χ1) is 24.1. The van der Waals surface area contributed by atoms with E-state index < -0.39 is 65.8 Å². The lowest BCUT2D eigenvalue weighted by Gasteiger charge is -2.49. The molecule has 11 nitrogen and oxygen atoms in total. The van der Waals surface area contributed by atoms with Gasteiger partial charge < -0.3 is 19.6 Å². The van der Waals surface area contributed by atoms with Crippen molar-refractivity contribution in [3.63, 3.8) is 0 Å². The molecule has 3 fully saturated rings. The molecule has 2 aliphatic heterocycles. The van der Waals surface area contributed by atoms with Crippen LogP contribution in [0.25, 0.3) is 0 Å². The summed E-state index contributed by atoms with van der Waals surface area (Å²) in [4.78, 5) is 59.3. The lowest BCUT2D eigenvalue weighted by molar-refractivity contribution is -0.138. The molecule has 0 radical (unpaired) electrons. The Morgan fingerprint density at radius 3 is 2.34 bits per heavy atom. The monoisotopic (exact) mass is 671 g/mol. The highest BCUT2D eigenvalue weighted by Crippen LogP contribution is 2.64. The van der Waals surface area contributed by atoms with Gasteiger partial charge in [0.15, 0.2) is 0 Å². The number of amides is 4. The molecule has 3 aromatic carbocycles. The number of nitrogens with one attached hydrogen (secondary N) is 1. The van der Waals surface area contributed by atoms with Crippen LogP contribution in [0, 0.1) is 30.6 Å².